The lowest BCUT2D eigenvalue weighted by Crippen LogP contribution is -2.37. The molecule has 19 heavy (non-hydrogen) atoms. The summed E-state index contributed by atoms with van der Waals surface area (Å²) in [5.41, 5.74) is 0.672. The fourth-order valence-electron chi connectivity index (χ4n) is 2.36. The van der Waals surface area contributed by atoms with Crippen LogP contribution in [-0.2, 0) is 11.3 Å². The molecule has 0 unspecified atom stereocenters. The fraction of sp³-hybridized carbons (Fsp3) is 0.643. The van der Waals surface area contributed by atoms with E-state index < -0.39 is 0 Å². The van der Waals surface area contributed by atoms with Crippen molar-refractivity contribution < 1.29 is 9.13 Å². The Morgan fingerprint density at radius 3 is 2.89 bits per heavy atom. The van der Waals surface area contributed by atoms with Gasteiger partial charge >= 0.3 is 0 Å². The Bertz CT molecular complexity index is 408. The standard InChI is InChI=1S/C14H22FN3O/c1-3-16-10-11-4-7-17-14(13(11)15)18(2)12-5-8-19-9-6-12/h4,7,12,16H,3,5-6,8-10H2,1-2H3. The fourth-order valence-corrected chi connectivity index (χ4v) is 2.36. The number of anilines is 1. The normalized spacial score (nSPS) is 16.6. The van der Waals surface area contributed by atoms with Gasteiger partial charge in [0.05, 0.1) is 0 Å². The third-order valence-corrected chi connectivity index (χ3v) is 3.59. The first kappa shape index (κ1) is 14.2. The second kappa shape index (κ2) is 6.82. The monoisotopic (exact) mass is 267 g/mol. The molecular formula is C14H22FN3O. The molecule has 1 aliphatic heterocycles. The smallest absolute Gasteiger partial charge is 0.170 e. The Kier molecular flexibility index (Phi) is 5.10. The van der Waals surface area contributed by atoms with Crippen LogP contribution in [0.25, 0.3) is 0 Å². The maximum Gasteiger partial charge on any atom is 0.170 e. The molecular weight excluding hydrogens is 245 g/mol. The minimum Gasteiger partial charge on any atom is -0.381 e. The summed E-state index contributed by atoms with van der Waals surface area (Å²) in [4.78, 5) is 6.16. The van der Waals surface area contributed by atoms with E-state index in [9.17, 15) is 4.39 Å². The van der Waals surface area contributed by atoms with E-state index in [2.05, 4.69) is 10.3 Å². The minimum absolute atomic E-state index is 0.211. The number of nitrogens with one attached hydrogen (secondary N) is 1. The number of pyridine rings is 1. The first-order valence-electron chi connectivity index (χ1n) is 6.88. The molecule has 2 rings (SSSR count). The second-order valence-corrected chi connectivity index (χ2v) is 4.84. The second-order valence-electron chi connectivity index (χ2n) is 4.84. The Hall–Kier alpha value is -1.20. The number of nitrogens with zero attached hydrogens (tertiary/aromatic N) is 2. The van der Waals surface area contributed by atoms with Crippen LogP contribution in [0.15, 0.2) is 12.3 Å². The van der Waals surface area contributed by atoms with Gasteiger partial charge in [0.15, 0.2) is 11.6 Å². The van der Waals surface area contributed by atoms with Crippen LogP contribution in [-0.4, -0.2) is 37.8 Å². The molecule has 1 aromatic rings. The van der Waals surface area contributed by atoms with E-state index >= 15 is 0 Å². The van der Waals surface area contributed by atoms with Gasteiger partial charge in [-0.1, -0.05) is 6.92 Å². The van der Waals surface area contributed by atoms with Crippen LogP contribution in [0.3, 0.4) is 0 Å². The molecule has 1 N–H and O–H groups in total. The molecule has 0 radical (unpaired) electrons. The van der Waals surface area contributed by atoms with Crippen molar-refractivity contribution in [3.8, 4) is 0 Å². The molecule has 106 valence electrons. The largest absolute Gasteiger partial charge is 0.381 e. The third kappa shape index (κ3) is 3.42. The van der Waals surface area contributed by atoms with Crippen molar-refractivity contribution in [3.05, 3.63) is 23.6 Å². The van der Waals surface area contributed by atoms with E-state index in [0.717, 1.165) is 32.6 Å². The van der Waals surface area contributed by atoms with Crippen molar-refractivity contribution >= 4 is 5.82 Å². The lowest BCUT2D eigenvalue weighted by Gasteiger charge is -2.32. The van der Waals surface area contributed by atoms with Crippen LogP contribution in [0.5, 0.6) is 0 Å². The zero-order valence-electron chi connectivity index (χ0n) is 11.7. The van der Waals surface area contributed by atoms with E-state index in [4.69, 9.17) is 4.74 Å². The van der Waals surface area contributed by atoms with Gasteiger partial charge in [0.1, 0.15) is 0 Å². The van der Waals surface area contributed by atoms with Crippen LogP contribution in [0.1, 0.15) is 25.3 Å². The maximum atomic E-state index is 14.4. The van der Waals surface area contributed by atoms with E-state index in [1.165, 1.54) is 0 Å². The Balaban J connectivity index is 2.14. The third-order valence-electron chi connectivity index (χ3n) is 3.59. The molecule has 0 aromatic carbocycles. The molecule has 5 heteroatoms. The summed E-state index contributed by atoms with van der Waals surface area (Å²) in [6.45, 7) is 4.86. The molecule has 0 bridgehead atoms. The first-order valence-corrected chi connectivity index (χ1v) is 6.88. The molecule has 0 spiro atoms. The Morgan fingerprint density at radius 1 is 1.47 bits per heavy atom. The molecule has 1 saturated heterocycles. The van der Waals surface area contributed by atoms with Gasteiger partial charge in [-0.15, -0.1) is 0 Å². The van der Waals surface area contributed by atoms with Crippen LogP contribution < -0.4 is 10.2 Å². The van der Waals surface area contributed by atoms with Crippen molar-refractivity contribution in [2.24, 2.45) is 0 Å². The Labute approximate surface area is 114 Å². The molecule has 1 aliphatic rings. The number of aromatic nitrogens is 1. The molecule has 1 aromatic heterocycles. The van der Waals surface area contributed by atoms with Crippen LogP contribution in [0.2, 0.25) is 0 Å². The Morgan fingerprint density at radius 2 is 2.21 bits per heavy atom. The molecule has 0 atom stereocenters. The minimum atomic E-state index is -0.211. The van der Waals surface area contributed by atoms with Gasteiger partial charge in [0.2, 0.25) is 0 Å². The van der Waals surface area contributed by atoms with Gasteiger partial charge in [0, 0.05) is 44.6 Å². The number of halogens is 1. The van der Waals surface area contributed by atoms with E-state index in [-0.39, 0.29) is 5.82 Å². The summed E-state index contributed by atoms with van der Waals surface area (Å²) in [7, 11) is 1.92. The first-order chi connectivity index (χ1) is 9.24. The molecule has 0 saturated carbocycles. The van der Waals surface area contributed by atoms with Gasteiger partial charge in [-0.3, -0.25) is 0 Å². The van der Waals surface area contributed by atoms with Crippen molar-refractivity contribution in [3.63, 3.8) is 0 Å². The summed E-state index contributed by atoms with van der Waals surface area (Å²) in [5, 5.41) is 3.14. The molecule has 0 amide bonds. The van der Waals surface area contributed by atoms with Crippen molar-refractivity contribution in [1.29, 1.82) is 0 Å². The lowest BCUT2D eigenvalue weighted by molar-refractivity contribution is 0.0852. The summed E-state index contributed by atoms with van der Waals surface area (Å²) >= 11 is 0. The summed E-state index contributed by atoms with van der Waals surface area (Å²) in [6, 6.07) is 2.05. The van der Waals surface area contributed by atoms with Crippen LogP contribution in [0.4, 0.5) is 10.2 Å². The van der Waals surface area contributed by atoms with Gasteiger partial charge < -0.3 is 15.0 Å². The highest BCUT2D eigenvalue weighted by Crippen LogP contribution is 2.23. The zero-order chi connectivity index (χ0) is 13.7. The number of rotatable bonds is 5. The van der Waals surface area contributed by atoms with Gasteiger partial charge in [-0.25, -0.2) is 9.37 Å². The van der Waals surface area contributed by atoms with Gasteiger partial charge in [-0.05, 0) is 25.5 Å². The molecule has 0 aliphatic carbocycles. The summed E-state index contributed by atoms with van der Waals surface area (Å²) < 4.78 is 19.8. The van der Waals surface area contributed by atoms with E-state index in [1.807, 2.05) is 18.9 Å². The van der Waals surface area contributed by atoms with E-state index in [1.54, 1.807) is 12.3 Å². The maximum absolute atomic E-state index is 14.4. The molecule has 4 nitrogen and oxygen atoms in total. The van der Waals surface area contributed by atoms with Crippen molar-refractivity contribution in [1.82, 2.24) is 10.3 Å². The average Bonchev–Trinajstić information content (AvgIpc) is 2.46. The SMILES string of the molecule is CCNCc1ccnc(N(C)C2CCOCC2)c1F. The topological polar surface area (TPSA) is 37.4 Å². The van der Waals surface area contributed by atoms with Crippen LogP contribution in [0, 0.1) is 5.82 Å². The predicted octanol–water partition coefficient (Wildman–Crippen LogP) is 1.95. The summed E-state index contributed by atoms with van der Waals surface area (Å²) in [5.74, 6) is 0.236. The van der Waals surface area contributed by atoms with Gasteiger partial charge in [0.25, 0.3) is 0 Å². The van der Waals surface area contributed by atoms with Crippen molar-refractivity contribution in [2.45, 2.75) is 32.4 Å². The highest BCUT2D eigenvalue weighted by Gasteiger charge is 2.22. The highest BCUT2D eigenvalue weighted by molar-refractivity contribution is 5.43. The quantitative estimate of drug-likeness (QED) is 0.885. The number of hydrogen-bond acceptors (Lipinski definition) is 4. The molecule has 2 heterocycles. The van der Waals surface area contributed by atoms with E-state index in [0.29, 0.717) is 24.0 Å². The number of hydrogen-bond donors (Lipinski definition) is 1. The van der Waals surface area contributed by atoms with Gasteiger partial charge in [-0.2, -0.15) is 0 Å². The zero-order valence-corrected chi connectivity index (χ0v) is 11.7. The van der Waals surface area contributed by atoms with Crippen LogP contribution >= 0.6 is 0 Å². The lowest BCUT2D eigenvalue weighted by atomic mass is 10.1. The summed E-state index contributed by atoms with van der Waals surface area (Å²) in [6.07, 6.45) is 3.53. The number of ether oxygens (including phenoxy) is 1. The average molecular weight is 267 g/mol. The molecule has 1 fully saturated rings. The highest BCUT2D eigenvalue weighted by atomic mass is 19.1. The van der Waals surface area contributed by atoms with Crippen molar-refractivity contribution in [2.75, 3.05) is 31.7 Å². The predicted molar refractivity (Wildman–Crippen MR) is 73.8 cm³/mol.